The lowest BCUT2D eigenvalue weighted by atomic mass is 9.96. The Hall–Kier alpha value is -2.19. The van der Waals surface area contributed by atoms with Crippen molar-refractivity contribution in [3.8, 4) is 11.1 Å². The lowest BCUT2D eigenvalue weighted by Gasteiger charge is -2.09. The van der Waals surface area contributed by atoms with Crippen LogP contribution in [-0.4, -0.2) is 15.0 Å². The van der Waals surface area contributed by atoms with Gasteiger partial charge in [-0.3, -0.25) is 0 Å². The van der Waals surface area contributed by atoms with Gasteiger partial charge in [0.25, 0.3) is 0 Å². The van der Waals surface area contributed by atoms with Gasteiger partial charge in [0.2, 0.25) is 0 Å². The van der Waals surface area contributed by atoms with E-state index in [9.17, 15) is 5.26 Å². The monoisotopic (exact) mass is 294 g/mol. The summed E-state index contributed by atoms with van der Waals surface area (Å²) in [7, 11) is 0. The maximum Gasteiger partial charge on any atom is 0.157 e. The van der Waals surface area contributed by atoms with Crippen molar-refractivity contribution >= 4 is 22.4 Å². The van der Waals surface area contributed by atoms with Gasteiger partial charge in [-0.15, -0.1) is 26.3 Å². The molecule has 21 heavy (non-hydrogen) atoms. The van der Waals surface area contributed by atoms with Crippen LogP contribution in [0.3, 0.4) is 0 Å². The van der Waals surface area contributed by atoms with Crippen LogP contribution in [0.5, 0.6) is 0 Å². The summed E-state index contributed by atoms with van der Waals surface area (Å²) in [5.74, 6) is 0. The zero-order valence-electron chi connectivity index (χ0n) is 11.8. The number of nitrogens with zero attached hydrogens (tertiary/aromatic N) is 4. The van der Waals surface area contributed by atoms with E-state index in [1.165, 1.54) is 28.8 Å². The molecule has 0 atom stereocenters. The summed E-state index contributed by atoms with van der Waals surface area (Å²) in [6.45, 7) is 2.04. The smallest absolute Gasteiger partial charge is 0.157 e. The van der Waals surface area contributed by atoms with Gasteiger partial charge in [0.15, 0.2) is 5.00 Å². The summed E-state index contributed by atoms with van der Waals surface area (Å²) < 4.78 is 0. The summed E-state index contributed by atoms with van der Waals surface area (Å²) in [6.07, 6.45) is 4.47. The zero-order chi connectivity index (χ0) is 14.4. The van der Waals surface area contributed by atoms with E-state index < -0.39 is 0 Å². The van der Waals surface area contributed by atoms with Crippen molar-refractivity contribution in [1.82, 2.24) is 15.0 Å². The highest BCUT2D eigenvalue weighted by molar-refractivity contribution is 7.15. The zero-order valence-corrected chi connectivity index (χ0v) is 12.6. The molecule has 104 valence electrons. The topological polar surface area (TPSA) is 54.5 Å². The first-order chi connectivity index (χ1) is 10.3. The third-order valence-corrected chi connectivity index (χ3v) is 5.24. The largest absolute Gasteiger partial charge is 0.192 e. The molecule has 0 amide bonds. The van der Waals surface area contributed by atoms with Gasteiger partial charge in [0, 0.05) is 4.88 Å². The number of benzene rings is 1. The molecule has 0 radical (unpaired) electrons. The summed E-state index contributed by atoms with van der Waals surface area (Å²) in [6, 6.07) is 8.41. The summed E-state index contributed by atoms with van der Waals surface area (Å²) in [5.41, 5.74) is 4.91. The highest BCUT2D eigenvalue weighted by Crippen LogP contribution is 2.36. The molecule has 0 fully saturated rings. The Morgan fingerprint density at radius 2 is 2.00 bits per heavy atom. The van der Waals surface area contributed by atoms with Crippen molar-refractivity contribution in [3.05, 3.63) is 39.8 Å². The molecule has 0 saturated carbocycles. The van der Waals surface area contributed by atoms with Crippen LogP contribution in [0.4, 0.5) is 0 Å². The van der Waals surface area contributed by atoms with Crippen LogP contribution in [-0.2, 0) is 12.8 Å². The number of nitriles is 1. The van der Waals surface area contributed by atoms with E-state index in [1.54, 1.807) is 16.1 Å². The predicted octanol–water partition coefficient (Wildman–Crippen LogP) is 3.54. The maximum atomic E-state index is 9.53. The second-order valence-corrected chi connectivity index (χ2v) is 6.57. The Kier molecular flexibility index (Phi) is 2.79. The predicted molar refractivity (Wildman–Crippen MR) is 82.8 cm³/mol. The number of rotatable bonds is 1. The van der Waals surface area contributed by atoms with Gasteiger partial charge < -0.3 is 0 Å². The molecule has 0 spiro atoms. The van der Waals surface area contributed by atoms with E-state index >= 15 is 0 Å². The van der Waals surface area contributed by atoms with Crippen LogP contribution in [0.2, 0.25) is 0 Å². The van der Waals surface area contributed by atoms with E-state index in [-0.39, 0.29) is 0 Å². The highest BCUT2D eigenvalue weighted by Gasteiger charge is 2.22. The molecule has 1 aliphatic carbocycles. The van der Waals surface area contributed by atoms with Crippen LogP contribution < -0.4 is 0 Å². The molecule has 1 aliphatic rings. The Labute approximate surface area is 126 Å². The Balaban J connectivity index is 1.92. The van der Waals surface area contributed by atoms with Gasteiger partial charge in [-0.1, -0.05) is 6.07 Å². The number of hydrogen-bond acceptors (Lipinski definition) is 4. The molecule has 4 rings (SSSR count). The van der Waals surface area contributed by atoms with E-state index in [0.717, 1.165) is 34.4 Å². The third-order valence-electron chi connectivity index (χ3n) is 3.98. The van der Waals surface area contributed by atoms with E-state index in [2.05, 4.69) is 16.3 Å². The fraction of sp³-hybridized carbons (Fsp3) is 0.312. The number of aryl methyl sites for hydroxylation is 2. The Morgan fingerprint density at radius 1 is 1.19 bits per heavy atom. The minimum atomic E-state index is 0.770. The van der Waals surface area contributed by atoms with Gasteiger partial charge in [0.1, 0.15) is 17.1 Å². The molecular weight excluding hydrogens is 280 g/mol. The molecule has 3 aromatic rings. The van der Waals surface area contributed by atoms with Gasteiger partial charge in [-0.25, -0.2) is 0 Å². The molecule has 0 N–H and O–H groups in total. The second kappa shape index (κ2) is 4.68. The molecule has 0 aliphatic heterocycles. The molecule has 0 bridgehead atoms. The van der Waals surface area contributed by atoms with Gasteiger partial charge in [-0.2, -0.15) is 5.26 Å². The van der Waals surface area contributed by atoms with Crippen LogP contribution >= 0.6 is 11.3 Å². The molecule has 1 aromatic carbocycles. The van der Waals surface area contributed by atoms with E-state index in [0.29, 0.717) is 0 Å². The molecule has 0 saturated heterocycles. The quantitative estimate of drug-likeness (QED) is 0.689. The van der Waals surface area contributed by atoms with Gasteiger partial charge in [-0.05, 0) is 55.9 Å². The normalized spacial score (nSPS) is 14.1. The van der Waals surface area contributed by atoms with Crippen molar-refractivity contribution in [1.29, 1.82) is 5.26 Å². The van der Waals surface area contributed by atoms with Crippen molar-refractivity contribution in [2.45, 2.75) is 32.6 Å². The number of hydrogen-bond donors (Lipinski definition) is 0. The molecular formula is C16H14N4S. The average molecular weight is 294 g/mol. The molecule has 2 aromatic heterocycles. The van der Waals surface area contributed by atoms with Crippen LogP contribution in [0.1, 0.15) is 34.4 Å². The average Bonchev–Trinajstić information content (AvgIpc) is 3.06. The van der Waals surface area contributed by atoms with E-state index in [1.807, 2.05) is 25.1 Å². The second-order valence-electron chi connectivity index (χ2n) is 5.48. The highest BCUT2D eigenvalue weighted by atomic mass is 32.1. The molecule has 5 heteroatoms. The van der Waals surface area contributed by atoms with Crippen LogP contribution in [0.15, 0.2) is 18.2 Å². The number of fused-ring (bicyclic) bond motifs is 2. The molecule has 4 nitrogen and oxygen atoms in total. The van der Waals surface area contributed by atoms with Crippen molar-refractivity contribution < 1.29 is 0 Å². The van der Waals surface area contributed by atoms with E-state index in [4.69, 9.17) is 0 Å². The minimum Gasteiger partial charge on any atom is -0.192 e. The molecule has 0 unspecified atom stereocenters. The van der Waals surface area contributed by atoms with Crippen molar-refractivity contribution in [3.63, 3.8) is 0 Å². The Bertz CT molecular complexity index is 882. The fourth-order valence-electron chi connectivity index (χ4n) is 2.92. The van der Waals surface area contributed by atoms with Crippen molar-refractivity contribution in [2.24, 2.45) is 0 Å². The maximum absolute atomic E-state index is 9.53. The number of thiophene rings is 1. The number of aromatic nitrogens is 3. The van der Waals surface area contributed by atoms with Crippen molar-refractivity contribution in [2.75, 3.05) is 0 Å². The van der Waals surface area contributed by atoms with Crippen LogP contribution in [0, 0.1) is 18.3 Å². The van der Waals surface area contributed by atoms with Gasteiger partial charge >= 0.3 is 0 Å². The van der Waals surface area contributed by atoms with Crippen LogP contribution in [0.25, 0.3) is 16.0 Å². The SMILES string of the molecule is Cc1ccc2nn(-c3sc4c(c3C#N)CCCC4)nc2c1. The summed E-state index contributed by atoms with van der Waals surface area (Å²) >= 11 is 1.67. The van der Waals surface area contributed by atoms with Gasteiger partial charge in [0.05, 0.1) is 5.56 Å². The third kappa shape index (κ3) is 1.95. The fourth-order valence-corrected chi connectivity index (χ4v) is 4.16. The summed E-state index contributed by atoms with van der Waals surface area (Å²) in [5, 5.41) is 19.5. The standard InChI is InChI=1S/C16H14N4S/c1-10-6-7-13-14(8-10)19-20(18-13)16-12(9-17)11-4-2-3-5-15(11)21-16/h6-8H,2-5H2,1H3. The first kappa shape index (κ1) is 12.5. The molecule has 2 heterocycles. The first-order valence-electron chi connectivity index (χ1n) is 7.15. The summed E-state index contributed by atoms with van der Waals surface area (Å²) in [4.78, 5) is 2.98. The Morgan fingerprint density at radius 3 is 2.86 bits per heavy atom. The first-order valence-corrected chi connectivity index (χ1v) is 7.96. The minimum absolute atomic E-state index is 0.770. The lowest BCUT2D eigenvalue weighted by molar-refractivity contribution is 0.695. The lowest BCUT2D eigenvalue weighted by Crippen LogP contribution is -2.01.